The summed E-state index contributed by atoms with van der Waals surface area (Å²) in [4.78, 5) is 0. The van der Waals surface area contributed by atoms with Crippen LogP contribution in [-0.4, -0.2) is 15.4 Å². The minimum absolute atomic E-state index is 0.769. The molecule has 3 nitrogen and oxygen atoms in total. The minimum atomic E-state index is 0.769. The summed E-state index contributed by atoms with van der Waals surface area (Å²) in [5.74, 6) is 0. The maximum absolute atomic E-state index is 4.91. The van der Waals surface area contributed by atoms with E-state index in [0.717, 1.165) is 56.6 Å². The number of hydrogen-bond acceptors (Lipinski definition) is 4. The zero-order chi connectivity index (χ0) is 42.7. The number of hydrogen-bond donors (Lipinski definition) is 0. The number of fused-ring (bicyclic) bond motifs is 6. The fourth-order valence-corrected chi connectivity index (χ4v) is 11.4. The average Bonchev–Trinajstić information content (AvgIpc) is 3.93. The van der Waals surface area contributed by atoms with Crippen molar-refractivity contribution < 1.29 is 0 Å². The summed E-state index contributed by atoms with van der Waals surface area (Å²) in [6.07, 6.45) is 2.66. The summed E-state index contributed by atoms with van der Waals surface area (Å²) in [7, 11) is 0. The maximum Gasteiger partial charge on any atom is 0.0976 e. The zero-order valence-corrected chi connectivity index (χ0v) is 36.3. The maximum atomic E-state index is 4.91. The van der Waals surface area contributed by atoms with Crippen LogP contribution in [0, 0.1) is 13.8 Å². The first-order valence-corrected chi connectivity index (χ1v) is 22.7. The molecule has 64 heavy (non-hydrogen) atoms. The summed E-state index contributed by atoms with van der Waals surface area (Å²) < 4.78 is 2.52. The molecule has 9 aromatic carbocycles. The van der Waals surface area contributed by atoms with Gasteiger partial charge in [0.25, 0.3) is 0 Å². The Kier molecular flexibility index (Phi) is 9.20. The molecule has 1 aliphatic rings. The van der Waals surface area contributed by atoms with Gasteiger partial charge < -0.3 is 0 Å². The molecule has 2 aromatic heterocycles. The second-order valence-corrected chi connectivity index (χ2v) is 17.8. The average molecular weight is 836 g/mol. The highest BCUT2D eigenvalue weighted by molar-refractivity contribution is 7.26. The standard InChI is InChI=1S/C60H41N3S/c1-37-35-51-43-23-10-9-21-41(43)36-52(51)56(38(37)2)49-31-32-55-60(48-27-15-16-28-54(48)64-55)58(49)50-30-29-44(40-19-7-4-8-20-40)57(59(50)53-33-34-61-63-62-53)47-26-14-13-25-46(47)45-24-12-11-22-42(45)39-17-5-3-6-18-39/h3-35H,36H2,1-2H3. The van der Waals surface area contributed by atoms with Gasteiger partial charge in [0.15, 0.2) is 0 Å². The molecule has 0 spiro atoms. The lowest BCUT2D eigenvalue weighted by Gasteiger charge is -2.25. The quantitative estimate of drug-likeness (QED) is 0.161. The van der Waals surface area contributed by atoms with Crippen LogP contribution in [0.15, 0.2) is 200 Å². The van der Waals surface area contributed by atoms with Crippen LogP contribution in [0.5, 0.6) is 0 Å². The SMILES string of the molecule is Cc1cc2c(c(-c3ccc4sc5ccccc5c4c3-c3ccc(-c4ccccc4)c(-c4ccccc4-c4ccccc4-c4ccccc4)c3-c3ccnnn3)c1C)Cc1ccccc1-2. The monoisotopic (exact) mass is 835 g/mol. The van der Waals surface area contributed by atoms with E-state index in [4.69, 9.17) is 5.10 Å². The Morgan fingerprint density at radius 3 is 1.77 bits per heavy atom. The van der Waals surface area contributed by atoms with Gasteiger partial charge in [-0.25, -0.2) is 0 Å². The molecule has 12 rings (SSSR count). The Labute approximate surface area is 377 Å². The van der Waals surface area contributed by atoms with Gasteiger partial charge >= 0.3 is 0 Å². The van der Waals surface area contributed by atoms with Crippen LogP contribution in [0.1, 0.15) is 22.3 Å². The molecule has 0 N–H and O–H groups in total. The third-order valence-corrected chi connectivity index (χ3v) is 14.4. The summed E-state index contributed by atoms with van der Waals surface area (Å²) >= 11 is 1.86. The molecule has 0 saturated heterocycles. The lowest BCUT2D eigenvalue weighted by atomic mass is 9.78. The van der Waals surface area contributed by atoms with Gasteiger partial charge in [-0.15, -0.1) is 21.5 Å². The normalized spacial score (nSPS) is 11.8. The van der Waals surface area contributed by atoms with Crippen molar-refractivity contribution >= 4 is 31.5 Å². The van der Waals surface area contributed by atoms with E-state index in [2.05, 4.69) is 212 Å². The first kappa shape index (κ1) is 37.9. The largest absolute Gasteiger partial charge is 0.139 e. The van der Waals surface area contributed by atoms with Crippen LogP contribution in [0.2, 0.25) is 0 Å². The second kappa shape index (κ2) is 15.5. The summed E-state index contributed by atoms with van der Waals surface area (Å²) in [5.41, 5.74) is 23.8. The van der Waals surface area contributed by atoms with E-state index in [9.17, 15) is 0 Å². The molecular weight excluding hydrogens is 795 g/mol. The van der Waals surface area contributed by atoms with Crippen LogP contribution < -0.4 is 0 Å². The molecule has 0 aliphatic heterocycles. The van der Waals surface area contributed by atoms with Crippen LogP contribution in [0.3, 0.4) is 0 Å². The van der Waals surface area contributed by atoms with Gasteiger partial charge in [0, 0.05) is 31.3 Å². The van der Waals surface area contributed by atoms with Gasteiger partial charge in [0.05, 0.1) is 11.9 Å². The Balaban J connectivity index is 1.25. The highest BCUT2D eigenvalue weighted by atomic mass is 32.1. The van der Waals surface area contributed by atoms with E-state index in [0.29, 0.717) is 0 Å². The highest BCUT2D eigenvalue weighted by Gasteiger charge is 2.30. The van der Waals surface area contributed by atoms with Crippen molar-refractivity contribution in [1.29, 1.82) is 0 Å². The number of aryl methyl sites for hydroxylation is 1. The van der Waals surface area contributed by atoms with Gasteiger partial charge in [0.2, 0.25) is 0 Å². The third kappa shape index (κ3) is 6.13. The predicted molar refractivity (Wildman–Crippen MR) is 268 cm³/mol. The van der Waals surface area contributed by atoms with E-state index in [1.165, 1.54) is 81.4 Å². The van der Waals surface area contributed by atoms with E-state index in [1.807, 2.05) is 17.4 Å². The van der Waals surface area contributed by atoms with Crippen molar-refractivity contribution in [2.24, 2.45) is 0 Å². The summed E-state index contributed by atoms with van der Waals surface area (Å²) in [6.45, 7) is 4.58. The summed E-state index contributed by atoms with van der Waals surface area (Å²) in [6, 6.07) is 70.9. The molecule has 4 heteroatoms. The summed E-state index contributed by atoms with van der Waals surface area (Å²) in [5, 5.41) is 16.0. The molecule has 0 unspecified atom stereocenters. The van der Waals surface area contributed by atoms with Gasteiger partial charge in [0.1, 0.15) is 0 Å². The molecule has 0 bridgehead atoms. The van der Waals surface area contributed by atoms with Crippen LogP contribution in [-0.2, 0) is 6.42 Å². The number of aromatic nitrogens is 3. The van der Waals surface area contributed by atoms with Crippen LogP contribution >= 0.6 is 11.3 Å². The Morgan fingerprint density at radius 2 is 1.02 bits per heavy atom. The second-order valence-electron chi connectivity index (χ2n) is 16.8. The number of benzene rings is 9. The fourth-order valence-electron chi connectivity index (χ4n) is 10.3. The van der Waals surface area contributed by atoms with Crippen molar-refractivity contribution in [2.45, 2.75) is 20.3 Å². The number of thiophene rings is 1. The molecule has 0 atom stereocenters. The van der Waals surface area contributed by atoms with Crippen molar-refractivity contribution in [3.63, 3.8) is 0 Å². The molecule has 2 heterocycles. The van der Waals surface area contributed by atoms with Crippen molar-refractivity contribution in [3.8, 4) is 89.1 Å². The molecule has 0 radical (unpaired) electrons. The Bertz CT molecular complexity index is 3590. The van der Waals surface area contributed by atoms with Gasteiger partial charge in [-0.2, -0.15) is 0 Å². The molecule has 0 amide bonds. The Morgan fingerprint density at radius 1 is 0.422 bits per heavy atom. The molecular formula is C60H41N3S. The molecule has 0 saturated carbocycles. The van der Waals surface area contributed by atoms with Gasteiger partial charge in [-0.3, -0.25) is 0 Å². The molecule has 302 valence electrons. The topological polar surface area (TPSA) is 38.7 Å². The van der Waals surface area contributed by atoms with Crippen molar-refractivity contribution in [3.05, 3.63) is 223 Å². The molecule has 0 fully saturated rings. The first-order chi connectivity index (χ1) is 31.6. The first-order valence-electron chi connectivity index (χ1n) is 21.9. The lowest BCUT2D eigenvalue weighted by Crippen LogP contribution is -2.01. The van der Waals surface area contributed by atoms with E-state index < -0.39 is 0 Å². The third-order valence-electron chi connectivity index (χ3n) is 13.3. The number of nitrogens with zero attached hydrogens (tertiary/aromatic N) is 3. The molecule has 11 aromatic rings. The Hall–Kier alpha value is -7.79. The smallest absolute Gasteiger partial charge is 0.0976 e. The minimum Gasteiger partial charge on any atom is -0.139 e. The van der Waals surface area contributed by atoms with Crippen LogP contribution in [0.4, 0.5) is 0 Å². The zero-order valence-electron chi connectivity index (χ0n) is 35.5. The van der Waals surface area contributed by atoms with E-state index >= 15 is 0 Å². The number of rotatable bonds is 7. The van der Waals surface area contributed by atoms with Crippen molar-refractivity contribution in [2.75, 3.05) is 0 Å². The van der Waals surface area contributed by atoms with Gasteiger partial charge in [-0.1, -0.05) is 176 Å². The predicted octanol–water partition coefficient (Wildman–Crippen LogP) is 16.1. The highest BCUT2D eigenvalue weighted by Crippen LogP contribution is 2.55. The molecule has 1 aliphatic carbocycles. The van der Waals surface area contributed by atoms with Crippen molar-refractivity contribution in [1.82, 2.24) is 15.4 Å². The fraction of sp³-hybridized carbons (Fsp3) is 0.0500. The van der Waals surface area contributed by atoms with E-state index in [-0.39, 0.29) is 0 Å². The van der Waals surface area contributed by atoms with Crippen LogP contribution in [0.25, 0.3) is 109 Å². The lowest BCUT2D eigenvalue weighted by molar-refractivity contribution is 0.871. The van der Waals surface area contributed by atoms with Gasteiger partial charge in [-0.05, 0) is 138 Å². The van der Waals surface area contributed by atoms with E-state index in [1.54, 1.807) is 6.20 Å².